The van der Waals surface area contributed by atoms with E-state index in [0.29, 0.717) is 16.9 Å². The fourth-order valence-corrected chi connectivity index (χ4v) is 2.67. The molecule has 28 heavy (non-hydrogen) atoms. The number of aromatic nitrogens is 1. The summed E-state index contributed by atoms with van der Waals surface area (Å²) in [5.74, 6) is 0.510. The number of nitrogens with one attached hydrogen (secondary N) is 2. The summed E-state index contributed by atoms with van der Waals surface area (Å²) in [7, 11) is 1.65. The minimum absolute atomic E-state index is 0.303. The van der Waals surface area contributed by atoms with Crippen molar-refractivity contribution in [2.45, 2.75) is 6.42 Å². The van der Waals surface area contributed by atoms with E-state index in [2.05, 4.69) is 15.6 Å². The largest absolute Gasteiger partial charge is 0.497 e. The lowest BCUT2D eigenvalue weighted by molar-refractivity contribution is 0.102. The summed E-state index contributed by atoms with van der Waals surface area (Å²) in [4.78, 5) is 16.6. The van der Waals surface area contributed by atoms with Gasteiger partial charge in [-0.25, -0.2) is 0 Å². The number of ether oxygens (including phenoxy) is 1. The third-order valence-electron chi connectivity index (χ3n) is 4.14. The Morgan fingerprint density at radius 3 is 2.68 bits per heavy atom. The van der Waals surface area contributed by atoms with E-state index < -0.39 is 0 Å². The van der Waals surface area contributed by atoms with Crippen LogP contribution in [0, 0.1) is 11.3 Å². The molecule has 0 fully saturated rings. The van der Waals surface area contributed by atoms with Crippen LogP contribution in [0.4, 0.5) is 11.4 Å². The van der Waals surface area contributed by atoms with Crippen LogP contribution < -0.4 is 15.4 Å². The van der Waals surface area contributed by atoms with Crippen molar-refractivity contribution in [2.75, 3.05) is 24.3 Å². The van der Waals surface area contributed by atoms with Gasteiger partial charge in [-0.15, -0.1) is 0 Å². The molecule has 0 aliphatic carbocycles. The Kier molecular flexibility index (Phi) is 6.21. The Labute approximate surface area is 163 Å². The maximum Gasteiger partial charge on any atom is 0.274 e. The van der Waals surface area contributed by atoms with E-state index in [1.807, 2.05) is 36.4 Å². The summed E-state index contributed by atoms with van der Waals surface area (Å²) in [6.07, 6.45) is 2.44. The number of benzene rings is 2. The van der Waals surface area contributed by atoms with Gasteiger partial charge >= 0.3 is 0 Å². The second-order valence-corrected chi connectivity index (χ2v) is 6.10. The van der Waals surface area contributed by atoms with Crippen LogP contribution >= 0.6 is 0 Å². The van der Waals surface area contributed by atoms with Crippen LogP contribution in [-0.4, -0.2) is 24.5 Å². The number of nitrogens with zero attached hydrogens (tertiary/aromatic N) is 2. The van der Waals surface area contributed by atoms with Crippen LogP contribution in [0.15, 0.2) is 66.9 Å². The lowest BCUT2D eigenvalue weighted by Crippen LogP contribution is -2.14. The Morgan fingerprint density at radius 1 is 1.11 bits per heavy atom. The van der Waals surface area contributed by atoms with Gasteiger partial charge in [0.05, 0.1) is 18.7 Å². The van der Waals surface area contributed by atoms with Gasteiger partial charge in [-0.05, 0) is 54.4 Å². The van der Waals surface area contributed by atoms with Crippen LogP contribution in [-0.2, 0) is 6.42 Å². The minimum atomic E-state index is -0.325. The topological polar surface area (TPSA) is 87.0 Å². The van der Waals surface area contributed by atoms with E-state index in [-0.39, 0.29) is 5.91 Å². The number of pyridine rings is 1. The molecule has 0 radical (unpaired) electrons. The normalized spacial score (nSPS) is 10.0. The molecule has 0 bridgehead atoms. The molecule has 0 aliphatic rings. The SMILES string of the molecule is COc1ccc(CCNc2ccnc(C(=O)Nc3cccc(C#N)c3)c2)cc1. The molecule has 140 valence electrons. The highest BCUT2D eigenvalue weighted by Crippen LogP contribution is 2.14. The number of anilines is 2. The molecule has 3 aromatic rings. The van der Waals surface area contributed by atoms with Gasteiger partial charge in [0.25, 0.3) is 5.91 Å². The summed E-state index contributed by atoms with van der Waals surface area (Å²) in [6, 6.07) is 20.3. The molecule has 0 saturated carbocycles. The molecule has 1 aromatic heterocycles. The lowest BCUT2D eigenvalue weighted by Gasteiger charge is -2.09. The third-order valence-corrected chi connectivity index (χ3v) is 4.14. The van der Waals surface area contributed by atoms with Gasteiger partial charge in [-0.2, -0.15) is 5.26 Å². The first-order valence-electron chi connectivity index (χ1n) is 8.82. The highest BCUT2D eigenvalue weighted by molar-refractivity contribution is 6.03. The summed E-state index contributed by atoms with van der Waals surface area (Å²) in [5, 5.41) is 15.0. The lowest BCUT2D eigenvalue weighted by atomic mass is 10.1. The zero-order chi connectivity index (χ0) is 19.8. The van der Waals surface area contributed by atoms with Crippen molar-refractivity contribution in [3.63, 3.8) is 0 Å². The first-order chi connectivity index (χ1) is 13.7. The van der Waals surface area contributed by atoms with Crippen LogP contribution in [0.5, 0.6) is 5.75 Å². The average molecular weight is 372 g/mol. The van der Waals surface area contributed by atoms with Crippen molar-refractivity contribution in [2.24, 2.45) is 0 Å². The molecular formula is C22H20N4O2. The highest BCUT2D eigenvalue weighted by atomic mass is 16.5. The first kappa shape index (κ1) is 18.9. The van der Waals surface area contributed by atoms with Gasteiger partial charge in [0.15, 0.2) is 0 Å². The van der Waals surface area contributed by atoms with Crippen molar-refractivity contribution >= 4 is 17.3 Å². The van der Waals surface area contributed by atoms with E-state index >= 15 is 0 Å². The first-order valence-corrected chi connectivity index (χ1v) is 8.82. The van der Waals surface area contributed by atoms with E-state index in [4.69, 9.17) is 10.00 Å². The van der Waals surface area contributed by atoms with Gasteiger partial charge in [-0.3, -0.25) is 9.78 Å². The number of rotatable bonds is 7. The summed E-state index contributed by atoms with van der Waals surface area (Å²) < 4.78 is 5.16. The zero-order valence-corrected chi connectivity index (χ0v) is 15.5. The van der Waals surface area contributed by atoms with Crippen LogP contribution in [0.1, 0.15) is 21.6 Å². The molecule has 0 aliphatic heterocycles. The number of carbonyl (C=O) groups is 1. The number of hydrogen-bond acceptors (Lipinski definition) is 5. The van der Waals surface area contributed by atoms with Gasteiger partial charge < -0.3 is 15.4 Å². The van der Waals surface area contributed by atoms with E-state index in [1.165, 1.54) is 5.56 Å². The number of hydrogen-bond donors (Lipinski definition) is 2. The van der Waals surface area contributed by atoms with Gasteiger partial charge in [-0.1, -0.05) is 18.2 Å². The molecule has 6 nitrogen and oxygen atoms in total. The average Bonchev–Trinajstić information content (AvgIpc) is 2.74. The standard InChI is InChI=1S/C22H20N4O2/c1-28-20-7-5-16(6-8-20)9-11-24-18-10-12-25-21(14-18)22(27)26-19-4-2-3-17(13-19)15-23/h2-8,10,12-14H,9,11H2,1H3,(H,24,25)(H,26,27). The molecule has 1 amide bonds. The molecule has 0 spiro atoms. The van der Waals surface area contributed by atoms with Crippen molar-refractivity contribution in [1.82, 2.24) is 4.98 Å². The van der Waals surface area contributed by atoms with Crippen molar-refractivity contribution in [3.8, 4) is 11.8 Å². The molecule has 3 rings (SSSR count). The highest BCUT2D eigenvalue weighted by Gasteiger charge is 2.09. The smallest absolute Gasteiger partial charge is 0.274 e. The van der Waals surface area contributed by atoms with Crippen molar-refractivity contribution < 1.29 is 9.53 Å². The number of amides is 1. The fraction of sp³-hybridized carbons (Fsp3) is 0.136. The summed E-state index contributed by atoms with van der Waals surface area (Å²) in [6.45, 7) is 0.724. The Balaban J connectivity index is 1.58. The predicted molar refractivity (Wildman–Crippen MR) is 109 cm³/mol. The van der Waals surface area contributed by atoms with Gasteiger partial charge in [0.1, 0.15) is 11.4 Å². The Morgan fingerprint density at radius 2 is 1.93 bits per heavy atom. The summed E-state index contributed by atoms with van der Waals surface area (Å²) >= 11 is 0. The second-order valence-electron chi connectivity index (χ2n) is 6.10. The van der Waals surface area contributed by atoms with Crippen LogP contribution in [0.3, 0.4) is 0 Å². The Bertz CT molecular complexity index is 994. The number of methoxy groups -OCH3 is 1. The maximum atomic E-state index is 12.4. The molecule has 2 aromatic carbocycles. The number of carbonyl (C=O) groups excluding carboxylic acids is 1. The zero-order valence-electron chi connectivity index (χ0n) is 15.5. The van der Waals surface area contributed by atoms with Gasteiger partial charge in [0, 0.05) is 24.1 Å². The second kappa shape index (κ2) is 9.19. The molecule has 1 heterocycles. The van der Waals surface area contributed by atoms with Crippen LogP contribution in [0.2, 0.25) is 0 Å². The van der Waals surface area contributed by atoms with Gasteiger partial charge in [0.2, 0.25) is 0 Å². The van der Waals surface area contributed by atoms with E-state index in [0.717, 1.165) is 24.4 Å². The maximum absolute atomic E-state index is 12.4. The molecular weight excluding hydrogens is 352 g/mol. The third kappa shape index (κ3) is 5.08. The quantitative estimate of drug-likeness (QED) is 0.657. The number of nitriles is 1. The minimum Gasteiger partial charge on any atom is -0.497 e. The molecule has 2 N–H and O–H groups in total. The summed E-state index contributed by atoms with van der Waals surface area (Å²) in [5.41, 5.74) is 3.36. The van der Waals surface area contributed by atoms with Crippen molar-refractivity contribution in [1.29, 1.82) is 5.26 Å². The molecule has 0 atom stereocenters. The predicted octanol–water partition coefficient (Wildman–Crippen LogP) is 3.87. The van der Waals surface area contributed by atoms with E-state index in [9.17, 15) is 4.79 Å². The van der Waals surface area contributed by atoms with E-state index in [1.54, 1.807) is 43.6 Å². The fourth-order valence-electron chi connectivity index (χ4n) is 2.67. The monoisotopic (exact) mass is 372 g/mol. The van der Waals surface area contributed by atoms with Crippen LogP contribution in [0.25, 0.3) is 0 Å². The molecule has 0 saturated heterocycles. The Hall–Kier alpha value is -3.85. The van der Waals surface area contributed by atoms with Crippen molar-refractivity contribution in [3.05, 3.63) is 83.7 Å². The molecule has 0 unspecified atom stereocenters. The molecule has 6 heteroatoms.